The molecule has 2 fully saturated rings. The minimum Gasteiger partial charge on any atom is -0.207 e. The Morgan fingerprint density at radius 1 is 0.963 bits per heavy atom. The molecule has 3 unspecified atom stereocenters. The summed E-state index contributed by atoms with van der Waals surface area (Å²) in [5.74, 6) is 0.0556. The monoisotopic (exact) mass is 423 g/mol. The summed E-state index contributed by atoms with van der Waals surface area (Å²) >= 11 is 13.6. The van der Waals surface area contributed by atoms with E-state index in [2.05, 4.69) is 0 Å². The number of halogens is 2. The predicted molar refractivity (Wildman–Crippen MR) is 110 cm³/mol. The fourth-order valence-corrected chi connectivity index (χ4v) is 7.06. The zero-order chi connectivity index (χ0) is 19.1. The number of sulfonamides is 1. The summed E-state index contributed by atoms with van der Waals surface area (Å²) in [6.07, 6.45) is 4.69. The van der Waals surface area contributed by atoms with Crippen molar-refractivity contribution in [2.75, 3.05) is 6.54 Å². The van der Waals surface area contributed by atoms with Crippen LogP contribution in [0.3, 0.4) is 0 Å². The lowest BCUT2D eigenvalue weighted by atomic mass is 9.69. The molecule has 0 bridgehead atoms. The van der Waals surface area contributed by atoms with Gasteiger partial charge in [0.15, 0.2) is 0 Å². The number of rotatable bonds is 3. The molecule has 1 saturated heterocycles. The molecule has 0 radical (unpaired) electrons. The first-order chi connectivity index (χ1) is 12.9. The minimum absolute atomic E-state index is 0.0556. The van der Waals surface area contributed by atoms with Gasteiger partial charge in [-0.25, -0.2) is 8.42 Å². The van der Waals surface area contributed by atoms with E-state index < -0.39 is 10.0 Å². The molecule has 2 aromatic carbocycles. The molecule has 0 aromatic heterocycles. The highest BCUT2D eigenvalue weighted by atomic mass is 35.5. The fraction of sp³-hybridized carbons (Fsp3) is 0.429. The molecule has 6 heteroatoms. The zero-order valence-electron chi connectivity index (χ0n) is 15.0. The molecule has 0 amide bonds. The molecule has 1 aliphatic carbocycles. The van der Waals surface area contributed by atoms with Crippen LogP contribution >= 0.6 is 23.2 Å². The number of piperidine rings is 1. The van der Waals surface area contributed by atoms with E-state index in [4.69, 9.17) is 23.2 Å². The largest absolute Gasteiger partial charge is 0.243 e. The minimum atomic E-state index is -3.64. The first kappa shape index (κ1) is 19.3. The lowest BCUT2D eigenvalue weighted by Crippen LogP contribution is -2.53. The van der Waals surface area contributed by atoms with Gasteiger partial charge in [-0.2, -0.15) is 4.31 Å². The summed E-state index contributed by atoms with van der Waals surface area (Å²) in [4.78, 5) is -0.0370. The molecular weight excluding hydrogens is 401 g/mol. The maximum atomic E-state index is 13.5. The first-order valence-corrected chi connectivity index (χ1v) is 11.6. The number of benzene rings is 2. The van der Waals surface area contributed by atoms with E-state index in [0.29, 0.717) is 22.9 Å². The predicted octanol–water partition coefficient (Wildman–Crippen LogP) is 5.64. The van der Waals surface area contributed by atoms with Gasteiger partial charge in [0, 0.05) is 11.6 Å². The second-order valence-corrected chi connectivity index (χ2v) is 10.6. The van der Waals surface area contributed by atoms with Crippen LogP contribution in [0.15, 0.2) is 59.5 Å². The Morgan fingerprint density at radius 3 is 2.41 bits per heavy atom. The van der Waals surface area contributed by atoms with Gasteiger partial charge in [-0.3, -0.25) is 0 Å². The van der Waals surface area contributed by atoms with Gasteiger partial charge in [-0.1, -0.05) is 60.8 Å². The Labute approximate surface area is 171 Å². The van der Waals surface area contributed by atoms with E-state index in [9.17, 15) is 8.42 Å². The van der Waals surface area contributed by atoms with Gasteiger partial charge in [0.05, 0.1) is 15.8 Å². The van der Waals surface area contributed by atoms with Crippen molar-refractivity contribution in [1.82, 2.24) is 4.31 Å². The van der Waals surface area contributed by atoms with Gasteiger partial charge in [-0.15, -0.1) is 11.6 Å². The van der Waals surface area contributed by atoms with Gasteiger partial charge in [0.25, 0.3) is 0 Å². The Kier molecular flexibility index (Phi) is 5.28. The molecule has 4 rings (SSSR count). The van der Waals surface area contributed by atoms with Crippen molar-refractivity contribution < 1.29 is 8.42 Å². The summed E-state index contributed by atoms with van der Waals surface area (Å²) in [5.41, 5.74) is 0.857. The van der Waals surface area contributed by atoms with Crippen LogP contribution in [0, 0.1) is 5.92 Å². The maximum absolute atomic E-state index is 13.5. The number of hydrogen-bond acceptors (Lipinski definition) is 2. The third-order valence-electron chi connectivity index (χ3n) is 6.03. The van der Waals surface area contributed by atoms with Crippen LogP contribution in [0.4, 0.5) is 0 Å². The van der Waals surface area contributed by atoms with Crippen molar-refractivity contribution in [1.29, 1.82) is 0 Å². The lowest BCUT2D eigenvalue weighted by Gasteiger charge is -2.51. The molecule has 2 aliphatic rings. The molecule has 3 nitrogen and oxygen atoms in total. The van der Waals surface area contributed by atoms with Crippen LogP contribution in [-0.4, -0.2) is 24.1 Å². The Morgan fingerprint density at radius 2 is 1.67 bits per heavy atom. The first-order valence-electron chi connectivity index (χ1n) is 9.44. The van der Waals surface area contributed by atoms with Crippen LogP contribution in [-0.2, 0) is 10.0 Å². The second kappa shape index (κ2) is 7.40. The summed E-state index contributed by atoms with van der Waals surface area (Å²) in [6.45, 7) is 0.410. The second-order valence-electron chi connectivity index (χ2n) is 7.53. The van der Waals surface area contributed by atoms with E-state index in [1.54, 1.807) is 28.6 Å². The van der Waals surface area contributed by atoms with Gasteiger partial charge in [-0.05, 0) is 48.9 Å². The van der Waals surface area contributed by atoms with E-state index in [1.165, 1.54) is 0 Å². The smallest absolute Gasteiger partial charge is 0.207 e. The summed E-state index contributed by atoms with van der Waals surface area (Å²) in [6, 6.07) is 15.9. The van der Waals surface area contributed by atoms with Gasteiger partial charge < -0.3 is 0 Å². The van der Waals surface area contributed by atoms with Crippen molar-refractivity contribution in [2.45, 2.75) is 47.9 Å². The molecule has 1 heterocycles. The number of alkyl halides is 1. The molecule has 1 aliphatic heterocycles. The number of fused-ring (bicyclic) bond motifs is 1. The molecular formula is C21H23Cl2NO2S. The average molecular weight is 424 g/mol. The summed E-state index contributed by atoms with van der Waals surface area (Å²) in [5, 5.41) is 0.599. The third-order valence-corrected chi connectivity index (χ3v) is 8.93. The molecule has 2 aromatic rings. The normalized spacial score (nSPS) is 29.3. The number of hydrogen-bond donors (Lipinski definition) is 0. The standard InChI is InChI=1S/C21H23Cl2NO2S/c22-19-12-5-4-10-17(19)20-18-11-6-7-13-21(18,23)14-15-24(20)27(25,26)16-8-2-1-3-9-16/h1-5,8-10,12,18,20H,6-7,11,13-15H2. The highest BCUT2D eigenvalue weighted by Gasteiger charge is 2.52. The summed E-state index contributed by atoms with van der Waals surface area (Å²) in [7, 11) is -3.64. The van der Waals surface area contributed by atoms with Gasteiger partial charge >= 0.3 is 0 Å². The van der Waals surface area contributed by atoms with E-state index in [-0.39, 0.29) is 16.8 Å². The van der Waals surface area contributed by atoms with E-state index in [0.717, 1.165) is 31.2 Å². The Bertz CT molecular complexity index is 919. The third kappa shape index (κ3) is 3.42. The maximum Gasteiger partial charge on any atom is 0.243 e. The van der Waals surface area contributed by atoms with E-state index >= 15 is 0 Å². The Balaban J connectivity index is 1.84. The lowest BCUT2D eigenvalue weighted by molar-refractivity contribution is 0.0934. The molecule has 27 heavy (non-hydrogen) atoms. The molecule has 144 valence electrons. The highest BCUT2D eigenvalue weighted by molar-refractivity contribution is 7.89. The topological polar surface area (TPSA) is 37.4 Å². The fourth-order valence-electron chi connectivity index (χ4n) is 4.70. The van der Waals surface area contributed by atoms with Crippen molar-refractivity contribution in [3.8, 4) is 0 Å². The molecule has 3 atom stereocenters. The van der Waals surface area contributed by atoms with Crippen LogP contribution in [0.2, 0.25) is 5.02 Å². The van der Waals surface area contributed by atoms with Crippen molar-refractivity contribution in [3.63, 3.8) is 0 Å². The van der Waals surface area contributed by atoms with Crippen molar-refractivity contribution in [3.05, 3.63) is 65.2 Å². The SMILES string of the molecule is O=S(=O)(c1ccccc1)N1CCC2(Cl)CCCCC2C1c1ccccc1Cl. The highest BCUT2D eigenvalue weighted by Crippen LogP contribution is 2.54. The zero-order valence-corrected chi connectivity index (χ0v) is 17.3. The number of nitrogens with zero attached hydrogens (tertiary/aromatic N) is 1. The van der Waals surface area contributed by atoms with Crippen LogP contribution in [0.25, 0.3) is 0 Å². The van der Waals surface area contributed by atoms with Gasteiger partial charge in [0.2, 0.25) is 10.0 Å². The van der Waals surface area contributed by atoms with Gasteiger partial charge in [0.1, 0.15) is 0 Å². The van der Waals surface area contributed by atoms with Crippen LogP contribution in [0.1, 0.15) is 43.7 Å². The Hall–Kier alpha value is -1.07. The van der Waals surface area contributed by atoms with Crippen LogP contribution in [0.5, 0.6) is 0 Å². The van der Waals surface area contributed by atoms with Crippen molar-refractivity contribution >= 4 is 33.2 Å². The quantitative estimate of drug-likeness (QED) is 0.598. The van der Waals surface area contributed by atoms with Crippen LogP contribution < -0.4 is 0 Å². The average Bonchev–Trinajstić information content (AvgIpc) is 2.68. The molecule has 0 spiro atoms. The molecule has 1 saturated carbocycles. The van der Waals surface area contributed by atoms with E-state index in [1.807, 2.05) is 30.3 Å². The molecule has 0 N–H and O–H groups in total. The van der Waals surface area contributed by atoms with Crippen molar-refractivity contribution in [2.24, 2.45) is 5.92 Å². The summed E-state index contributed by atoms with van der Waals surface area (Å²) < 4.78 is 28.6.